The lowest BCUT2D eigenvalue weighted by Gasteiger charge is -2.26. The lowest BCUT2D eigenvalue weighted by atomic mass is 10.0. The van der Waals surface area contributed by atoms with Crippen LogP contribution < -0.4 is 4.90 Å². The number of anilines is 3. The number of hydrogen-bond acceptors (Lipinski definition) is 3. The van der Waals surface area contributed by atoms with Gasteiger partial charge in [0.1, 0.15) is 18.0 Å². The molecule has 0 spiro atoms. The summed E-state index contributed by atoms with van der Waals surface area (Å²) in [5, 5.41) is 18.7. The van der Waals surface area contributed by atoms with E-state index in [0.29, 0.717) is 5.69 Å². The van der Waals surface area contributed by atoms with Gasteiger partial charge in [0.05, 0.1) is 16.8 Å². The zero-order chi connectivity index (χ0) is 16.9. The van der Waals surface area contributed by atoms with Crippen molar-refractivity contribution >= 4 is 17.1 Å². The maximum Gasteiger partial charge on any atom is 0.126 e. The van der Waals surface area contributed by atoms with Crippen molar-refractivity contribution in [1.29, 1.82) is 10.5 Å². The van der Waals surface area contributed by atoms with Crippen LogP contribution in [0.2, 0.25) is 0 Å². The molecule has 0 saturated carbocycles. The molecule has 0 heterocycles. The first-order valence-electron chi connectivity index (χ1n) is 7.28. The van der Waals surface area contributed by atoms with Crippen LogP contribution in [-0.2, 0) is 0 Å². The highest BCUT2D eigenvalue weighted by molar-refractivity contribution is 5.81. The van der Waals surface area contributed by atoms with Crippen LogP contribution >= 0.6 is 0 Å². The number of halogens is 1. The zero-order valence-electron chi connectivity index (χ0n) is 12.6. The maximum atomic E-state index is 14.0. The normalized spacial score (nSPS) is 9.79. The first-order valence-corrected chi connectivity index (χ1v) is 7.28. The van der Waals surface area contributed by atoms with E-state index >= 15 is 0 Å². The molecular formula is C20H12FN3. The number of hydrogen-bond donors (Lipinski definition) is 0. The molecule has 0 aliphatic carbocycles. The van der Waals surface area contributed by atoms with Crippen molar-refractivity contribution in [3.05, 3.63) is 89.7 Å². The summed E-state index contributed by atoms with van der Waals surface area (Å²) >= 11 is 0. The highest BCUT2D eigenvalue weighted by atomic mass is 19.1. The molecule has 3 nitrogen and oxygen atoms in total. The largest absolute Gasteiger partial charge is 0.309 e. The van der Waals surface area contributed by atoms with Crippen molar-refractivity contribution in [1.82, 2.24) is 0 Å². The molecule has 0 aliphatic heterocycles. The lowest BCUT2D eigenvalue weighted by molar-refractivity contribution is 0.627. The van der Waals surface area contributed by atoms with Gasteiger partial charge in [-0.2, -0.15) is 10.5 Å². The minimum atomic E-state index is -0.558. The van der Waals surface area contributed by atoms with Gasteiger partial charge in [-0.15, -0.1) is 0 Å². The number of benzene rings is 3. The van der Waals surface area contributed by atoms with Gasteiger partial charge < -0.3 is 4.90 Å². The van der Waals surface area contributed by atoms with Gasteiger partial charge in [-0.05, 0) is 36.4 Å². The molecular weight excluding hydrogens is 301 g/mol. The second kappa shape index (κ2) is 6.64. The zero-order valence-corrected chi connectivity index (χ0v) is 12.6. The quantitative estimate of drug-likeness (QED) is 0.680. The van der Waals surface area contributed by atoms with Gasteiger partial charge in [-0.3, -0.25) is 0 Å². The molecule has 0 aliphatic rings. The monoisotopic (exact) mass is 313 g/mol. The Hall–Kier alpha value is -3.63. The average molecular weight is 313 g/mol. The summed E-state index contributed by atoms with van der Waals surface area (Å²) in [6.07, 6.45) is 0. The second-order valence-electron chi connectivity index (χ2n) is 5.08. The van der Waals surface area contributed by atoms with Crippen LogP contribution in [0.4, 0.5) is 21.5 Å². The Kier molecular flexibility index (Phi) is 4.23. The minimum Gasteiger partial charge on any atom is -0.309 e. The minimum absolute atomic E-state index is 0.0179. The maximum absolute atomic E-state index is 14.0. The lowest BCUT2D eigenvalue weighted by Crippen LogP contribution is -2.12. The summed E-state index contributed by atoms with van der Waals surface area (Å²) in [5.74, 6) is -0.558. The number of para-hydroxylation sites is 2. The summed E-state index contributed by atoms with van der Waals surface area (Å²) in [6.45, 7) is 0. The molecule has 0 fully saturated rings. The van der Waals surface area contributed by atoms with E-state index in [0.717, 1.165) is 17.4 Å². The fraction of sp³-hybridized carbons (Fsp3) is 0. The standard InChI is InChI=1S/C20H12FN3/c21-16-11-15(13-22)19(14-23)20(12-16)24(17-7-3-1-4-8-17)18-9-5-2-6-10-18/h1-12H. The summed E-state index contributed by atoms with van der Waals surface area (Å²) in [5.41, 5.74) is 2.05. The van der Waals surface area contributed by atoms with E-state index < -0.39 is 5.82 Å². The van der Waals surface area contributed by atoms with Gasteiger partial charge in [0, 0.05) is 11.4 Å². The molecule has 3 rings (SSSR count). The third-order valence-corrected chi connectivity index (χ3v) is 3.58. The van der Waals surface area contributed by atoms with E-state index in [1.54, 1.807) is 4.90 Å². The number of rotatable bonds is 3. The Balaban J connectivity index is 2.31. The van der Waals surface area contributed by atoms with Crippen molar-refractivity contribution in [2.75, 3.05) is 4.90 Å². The van der Waals surface area contributed by atoms with Crippen LogP contribution in [0.3, 0.4) is 0 Å². The third-order valence-electron chi connectivity index (χ3n) is 3.58. The van der Waals surface area contributed by atoms with Crippen molar-refractivity contribution in [3.63, 3.8) is 0 Å². The molecule has 0 aromatic heterocycles. The van der Waals surface area contributed by atoms with E-state index in [1.165, 1.54) is 6.07 Å². The van der Waals surface area contributed by atoms with E-state index in [4.69, 9.17) is 0 Å². The first kappa shape index (κ1) is 15.3. The molecule has 0 unspecified atom stereocenters. The highest BCUT2D eigenvalue weighted by Crippen LogP contribution is 2.37. The molecule has 3 aromatic rings. The van der Waals surface area contributed by atoms with Crippen molar-refractivity contribution in [3.8, 4) is 12.1 Å². The fourth-order valence-corrected chi connectivity index (χ4v) is 2.56. The summed E-state index contributed by atoms with van der Waals surface area (Å²) in [4.78, 5) is 1.77. The molecule has 0 N–H and O–H groups in total. The van der Waals surface area contributed by atoms with Gasteiger partial charge in [-0.1, -0.05) is 36.4 Å². The van der Waals surface area contributed by atoms with Gasteiger partial charge in [0.25, 0.3) is 0 Å². The molecule has 24 heavy (non-hydrogen) atoms. The van der Waals surface area contributed by atoms with Crippen LogP contribution in [0, 0.1) is 28.5 Å². The van der Waals surface area contributed by atoms with E-state index in [-0.39, 0.29) is 11.1 Å². The molecule has 0 radical (unpaired) electrons. The fourth-order valence-electron chi connectivity index (χ4n) is 2.56. The number of nitrogens with zero attached hydrogens (tertiary/aromatic N) is 3. The van der Waals surface area contributed by atoms with Crippen molar-refractivity contribution in [2.24, 2.45) is 0 Å². The predicted molar refractivity (Wildman–Crippen MR) is 90.5 cm³/mol. The van der Waals surface area contributed by atoms with Crippen LogP contribution in [0.25, 0.3) is 0 Å². The van der Waals surface area contributed by atoms with E-state index in [1.807, 2.05) is 72.8 Å². The average Bonchev–Trinajstić information content (AvgIpc) is 2.63. The van der Waals surface area contributed by atoms with Crippen LogP contribution in [0.15, 0.2) is 72.8 Å². The Morgan fingerprint density at radius 2 is 1.29 bits per heavy atom. The van der Waals surface area contributed by atoms with Gasteiger partial charge in [0.2, 0.25) is 0 Å². The molecule has 3 aromatic carbocycles. The van der Waals surface area contributed by atoms with Gasteiger partial charge in [-0.25, -0.2) is 4.39 Å². The molecule has 4 heteroatoms. The molecule has 0 saturated heterocycles. The molecule has 0 bridgehead atoms. The summed E-state index contributed by atoms with van der Waals surface area (Å²) in [7, 11) is 0. The Morgan fingerprint density at radius 3 is 1.75 bits per heavy atom. The summed E-state index contributed by atoms with van der Waals surface area (Å²) in [6, 6.07) is 25.0. The smallest absolute Gasteiger partial charge is 0.126 e. The molecule has 114 valence electrons. The second-order valence-corrected chi connectivity index (χ2v) is 5.08. The van der Waals surface area contributed by atoms with Crippen molar-refractivity contribution < 1.29 is 4.39 Å². The first-order chi connectivity index (χ1) is 11.7. The SMILES string of the molecule is N#Cc1cc(F)cc(N(c2ccccc2)c2ccccc2)c1C#N. The topological polar surface area (TPSA) is 50.8 Å². The van der Waals surface area contributed by atoms with Gasteiger partial charge in [0.15, 0.2) is 0 Å². The molecule has 0 atom stereocenters. The summed E-state index contributed by atoms with van der Waals surface area (Å²) < 4.78 is 14.0. The third kappa shape index (κ3) is 2.82. The highest BCUT2D eigenvalue weighted by Gasteiger charge is 2.19. The van der Waals surface area contributed by atoms with Crippen molar-refractivity contribution in [2.45, 2.75) is 0 Å². The predicted octanol–water partition coefficient (Wildman–Crippen LogP) is 5.04. The van der Waals surface area contributed by atoms with E-state index in [9.17, 15) is 14.9 Å². The Morgan fingerprint density at radius 1 is 0.750 bits per heavy atom. The molecule has 0 amide bonds. The number of nitriles is 2. The Labute approximate surface area is 139 Å². The van der Waals surface area contributed by atoms with Crippen LogP contribution in [0.5, 0.6) is 0 Å². The van der Waals surface area contributed by atoms with Gasteiger partial charge >= 0.3 is 0 Å². The van der Waals surface area contributed by atoms with Crippen LogP contribution in [-0.4, -0.2) is 0 Å². The Bertz CT molecular complexity index is 899. The van der Waals surface area contributed by atoms with E-state index in [2.05, 4.69) is 0 Å². The van der Waals surface area contributed by atoms with Crippen LogP contribution in [0.1, 0.15) is 11.1 Å².